The van der Waals surface area contributed by atoms with Gasteiger partial charge in [0.1, 0.15) is 11.5 Å². The Morgan fingerprint density at radius 3 is 2.75 bits per heavy atom. The Morgan fingerprint density at radius 2 is 2.15 bits per heavy atom. The molecule has 0 fully saturated rings. The number of rotatable bonds is 6. The molecule has 0 N–H and O–H groups in total. The average molecular weight is 290 g/mol. The smallest absolute Gasteiger partial charge is 0.159 e. The minimum absolute atomic E-state index is 0.0683. The van der Waals surface area contributed by atoms with Crippen LogP contribution in [-0.2, 0) is 5.75 Å². The van der Waals surface area contributed by atoms with Gasteiger partial charge in [-0.2, -0.15) is 0 Å². The number of benzene rings is 1. The summed E-state index contributed by atoms with van der Waals surface area (Å²) in [5.74, 6) is 2.57. The number of ketones is 1. The molecule has 0 amide bonds. The number of thioether (sulfide) groups is 1. The fourth-order valence-corrected chi connectivity index (χ4v) is 2.83. The van der Waals surface area contributed by atoms with Crippen molar-refractivity contribution in [1.29, 1.82) is 0 Å². The lowest BCUT2D eigenvalue weighted by molar-refractivity contribution is 0.101. The summed E-state index contributed by atoms with van der Waals surface area (Å²) in [6.45, 7) is 6.09. The van der Waals surface area contributed by atoms with Crippen molar-refractivity contribution < 1.29 is 13.9 Å². The Bertz CT molecular complexity index is 602. The van der Waals surface area contributed by atoms with E-state index in [4.69, 9.17) is 9.15 Å². The number of hydrogen-bond acceptors (Lipinski definition) is 4. The van der Waals surface area contributed by atoms with Crippen LogP contribution in [-0.4, -0.2) is 12.4 Å². The zero-order valence-corrected chi connectivity index (χ0v) is 12.8. The second-order valence-electron chi connectivity index (χ2n) is 4.44. The highest BCUT2D eigenvalue weighted by molar-refractivity contribution is 7.98. The van der Waals surface area contributed by atoms with Gasteiger partial charge < -0.3 is 9.15 Å². The van der Waals surface area contributed by atoms with Crippen LogP contribution < -0.4 is 4.74 Å². The molecule has 20 heavy (non-hydrogen) atoms. The summed E-state index contributed by atoms with van der Waals surface area (Å²) in [5.41, 5.74) is 1.75. The molecule has 0 spiro atoms. The van der Waals surface area contributed by atoms with Crippen LogP contribution in [0.1, 0.15) is 35.5 Å². The van der Waals surface area contributed by atoms with Crippen LogP contribution in [0, 0.1) is 6.92 Å². The van der Waals surface area contributed by atoms with Crippen LogP contribution in [0.25, 0.3) is 0 Å². The van der Waals surface area contributed by atoms with Crippen molar-refractivity contribution in [1.82, 2.24) is 0 Å². The van der Waals surface area contributed by atoms with Crippen molar-refractivity contribution in [3.63, 3.8) is 0 Å². The van der Waals surface area contributed by atoms with Crippen molar-refractivity contribution in [2.24, 2.45) is 0 Å². The molecular weight excluding hydrogens is 272 g/mol. The zero-order chi connectivity index (χ0) is 14.5. The van der Waals surface area contributed by atoms with Crippen molar-refractivity contribution in [2.45, 2.75) is 31.4 Å². The van der Waals surface area contributed by atoms with Crippen LogP contribution in [0.5, 0.6) is 5.75 Å². The standard InChI is InChI=1S/C16H18O3S/c1-4-18-15-6-5-13(11(2)17)9-14(15)10-20-16-7-8-19-12(16)3/h5-9H,4,10H2,1-3H3. The summed E-state index contributed by atoms with van der Waals surface area (Å²) >= 11 is 1.68. The maximum Gasteiger partial charge on any atom is 0.159 e. The lowest BCUT2D eigenvalue weighted by Crippen LogP contribution is -1.99. The van der Waals surface area contributed by atoms with E-state index in [0.717, 1.165) is 27.7 Å². The van der Waals surface area contributed by atoms with Crippen LogP contribution >= 0.6 is 11.8 Å². The van der Waals surface area contributed by atoms with Crippen molar-refractivity contribution >= 4 is 17.5 Å². The Kier molecular flexibility index (Phi) is 4.90. The van der Waals surface area contributed by atoms with Crippen LogP contribution in [0.15, 0.2) is 39.8 Å². The largest absolute Gasteiger partial charge is 0.494 e. The highest BCUT2D eigenvalue weighted by Gasteiger charge is 2.10. The van der Waals surface area contributed by atoms with Gasteiger partial charge in [0.05, 0.1) is 12.9 Å². The van der Waals surface area contributed by atoms with Crippen molar-refractivity contribution in [2.75, 3.05) is 6.61 Å². The molecule has 0 bridgehead atoms. The molecule has 0 unspecified atom stereocenters. The lowest BCUT2D eigenvalue weighted by atomic mass is 10.1. The predicted octanol–water partition coefficient (Wildman–Crippen LogP) is 4.48. The van der Waals surface area contributed by atoms with Crippen LogP contribution in [0.3, 0.4) is 0 Å². The number of furan rings is 1. The molecule has 0 atom stereocenters. The molecule has 1 aromatic heterocycles. The number of aryl methyl sites for hydroxylation is 1. The SMILES string of the molecule is CCOc1ccc(C(C)=O)cc1CSc1ccoc1C. The van der Waals surface area contributed by atoms with E-state index in [-0.39, 0.29) is 5.78 Å². The van der Waals surface area contributed by atoms with E-state index in [9.17, 15) is 4.79 Å². The summed E-state index contributed by atoms with van der Waals surface area (Å²) in [6, 6.07) is 7.55. The predicted molar refractivity (Wildman–Crippen MR) is 80.6 cm³/mol. The van der Waals surface area contributed by atoms with E-state index in [1.54, 1.807) is 24.9 Å². The maximum absolute atomic E-state index is 11.5. The Labute approximate surface area is 123 Å². The van der Waals surface area contributed by atoms with Crippen molar-refractivity contribution in [3.8, 4) is 5.75 Å². The molecule has 106 valence electrons. The highest BCUT2D eigenvalue weighted by atomic mass is 32.2. The number of hydrogen-bond donors (Lipinski definition) is 0. The van der Waals surface area contributed by atoms with Gasteiger partial charge in [0.2, 0.25) is 0 Å². The zero-order valence-electron chi connectivity index (χ0n) is 11.9. The lowest BCUT2D eigenvalue weighted by Gasteiger charge is -2.11. The highest BCUT2D eigenvalue weighted by Crippen LogP contribution is 2.31. The first-order valence-electron chi connectivity index (χ1n) is 6.55. The molecule has 1 heterocycles. The maximum atomic E-state index is 11.5. The molecule has 2 aromatic rings. The Morgan fingerprint density at radius 1 is 1.35 bits per heavy atom. The number of ether oxygens (including phenoxy) is 1. The third-order valence-electron chi connectivity index (χ3n) is 2.96. The third kappa shape index (κ3) is 3.45. The summed E-state index contributed by atoms with van der Waals surface area (Å²) in [4.78, 5) is 12.6. The van der Waals surface area contributed by atoms with Gasteiger partial charge in [-0.25, -0.2) is 0 Å². The van der Waals surface area contributed by atoms with E-state index in [1.807, 2.05) is 38.1 Å². The molecule has 4 heteroatoms. The molecule has 0 aliphatic carbocycles. The average Bonchev–Trinajstić information content (AvgIpc) is 2.83. The molecule has 2 rings (SSSR count). The van der Waals surface area contributed by atoms with Crippen LogP contribution in [0.2, 0.25) is 0 Å². The van der Waals surface area contributed by atoms with E-state index < -0.39 is 0 Å². The molecule has 0 aliphatic rings. The summed E-state index contributed by atoms with van der Waals surface area (Å²) < 4.78 is 10.9. The number of carbonyl (C=O) groups is 1. The van der Waals surface area contributed by atoms with Gasteiger partial charge >= 0.3 is 0 Å². The molecule has 0 radical (unpaired) electrons. The molecule has 0 aliphatic heterocycles. The van der Waals surface area contributed by atoms with Crippen LogP contribution in [0.4, 0.5) is 0 Å². The van der Waals surface area contributed by atoms with E-state index in [1.165, 1.54) is 0 Å². The fraction of sp³-hybridized carbons (Fsp3) is 0.312. The van der Waals surface area contributed by atoms with Gasteiger partial charge in [0.15, 0.2) is 5.78 Å². The first-order valence-corrected chi connectivity index (χ1v) is 7.54. The van der Waals surface area contributed by atoms with E-state index >= 15 is 0 Å². The molecule has 3 nitrogen and oxygen atoms in total. The molecule has 0 saturated carbocycles. The molecular formula is C16H18O3S. The van der Waals surface area contributed by atoms with E-state index in [2.05, 4.69) is 0 Å². The minimum atomic E-state index is 0.0683. The molecule has 1 aromatic carbocycles. The molecule has 0 saturated heterocycles. The number of Topliss-reactive ketones (excluding diaryl/α,β-unsaturated/α-hetero) is 1. The Balaban J connectivity index is 2.21. The second kappa shape index (κ2) is 6.66. The Hall–Kier alpha value is -1.68. The first-order chi connectivity index (χ1) is 9.61. The summed E-state index contributed by atoms with van der Waals surface area (Å²) in [7, 11) is 0. The minimum Gasteiger partial charge on any atom is -0.494 e. The van der Waals surface area contributed by atoms with Gasteiger partial charge in [-0.15, -0.1) is 11.8 Å². The second-order valence-corrected chi connectivity index (χ2v) is 5.46. The van der Waals surface area contributed by atoms with Gasteiger partial charge in [0.25, 0.3) is 0 Å². The van der Waals surface area contributed by atoms with Gasteiger partial charge in [-0.1, -0.05) is 0 Å². The van der Waals surface area contributed by atoms with Crippen molar-refractivity contribution in [3.05, 3.63) is 47.4 Å². The monoisotopic (exact) mass is 290 g/mol. The van der Waals surface area contributed by atoms with Gasteiger partial charge in [0, 0.05) is 21.8 Å². The quantitative estimate of drug-likeness (QED) is 0.581. The van der Waals surface area contributed by atoms with E-state index in [0.29, 0.717) is 12.2 Å². The fourth-order valence-electron chi connectivity index (χ4n) is 1.89. The first kappa shape index (κ1) is 14.7. The van der Waals surface area contributed by atoms with Gasteiger partial charge in [-0.05, 0) is 45.0 Å². The summed E-state index contributed by atoms with van der Waals surface area (Å²) in [6.07, 6.45) is 1.69. The number of carbonyl (C=O) groups excluding carboxylic acids is 1. The summed E-state index contributed by atoms with van der Waals surface area (Å²) in [5, 5.41) is 0. The topological polar surface area (TPSA) is 39.4 Å². The normalized spacial score (nSPS) is 10.6. The third-order valence-corrected chi connectivity index (χ3v) is 4.15. The van der Waals surface area contributed by atoms with Gasteiger partial charge in [-0.3, -0.25) is 4.79 Å².